The number of esters is 1. The van der Waals surface area contributed by atoms with E-state index in [1.165, 1.54) is 0 Å². The molecule has 1 fully saturated rings. The summed E-state index contributed by atoms with van der Waals surface area (Å²) in [5, 5.41) is 0.698. The fourth-order valence-corrected chi connectivity index (χ4v) is 3.38. The van der Waals surface area contributed by atoms with E-state index in [1.807, 2.05) is 36.4 Å². The van der Waals surface area contributed by atoms with Crippen molar-refractivity contribution in [1.82, 2.24) is 4.90 Å². The molecule has 0 spiro atoms. The fourth-order valence-electron chi connectivity index (χ4n) is 3.19. The van der Waals surface area contributed by atoms with Gasteiger partial charge in [0.15, 0.2) is 6.61 Å². The Morgan fingerprint density at radius 3 is 2.32 bits per heavy atom. The molecule has 0 N–H and O–H groups in total. The first kappa shape index (κ1) is 20.2. The molecular weight excluding hydrogens is 376 g/mol. The predicted octanol–water partition coefficient (Wildman–Crippen LogP) is 3.97. The van der Waals surface area contributed by atoms with Crippen molar-refractivity contribution in [1.29, 1.82) is 0 Å². The summed E-state index contributed by atoms with van der Waals surface area (Å²) in [4.78, 5) is 28.5. The Morgan fingerprint density at radius 1 is 1.04 bits per heavy atom. The molecule has 0 aromatic heterocycles. The molecule has 0 saturated carbocycles. The van der Waals surface area contributed by atoms with Gasteiger partial charge < -0.3 is 14.5 Å². The highest BCUT2D eigenvalue weighted by atomic mass is 35.5. The van der Waals surface area contributed by atoms with Crippen LogP contribution in [-0.4, -0.2) is 49.6 Å². The van der Waals surface area contributed by atoms with E-state index in [9.17, 15) is 9.59 Å². The maximum Gasteiger partial charge on any atom is 0.338 e. The summed E-state index contributed by atoms with van der Waals surface area (Å²) < 4.78 is 5.21. The monoisotopic (exact) mass is 400 g/mol. The molecule has 2 aromatic carbocycles. The van der Waals surface area contributed by atoms with Crippen LogP contribution < -0.4 is 4.90 Å². The Morgan fingerprint density at radius 2 is 1.71 bits per heavy atom. The third-order valence-electron chi connectivity index (χ3n) is 4.95. The minimum absolute atomic E-state index is 0.169. The van der Waals surface area contributed by atoms with Crippen LogP contribution in [0.25, 0.3) is 0 Å². The number of nitrogens with zero attached hydrogens (tertiary/aromatic N) is 2. The van der Waals surface area contributed by atoms with Gasteiger partial charge in [-0.1, -0.05) is 43.6 Å². The van der Waals surface area contributed by atoms with Crippen molar-refractivity contribution in [2.75, 3.05) is 37.7 Å². The molecule has 3 rings (SSSR count). The number of ether oxygens (including phenoxy) is 1. The molecule has 1 aliphatic heterocycles. The van der Waals surface area contributed by atoms with E-state index in [0.29, 0.717) is 29.6 Å². The van der Waals surface area contributed by atoms with Gasteiger partial charge in [-0.05, 0) is 41.8 Å². The molecular formula is C22H25ClN2O3. The third kappa shape index (κ3) is 5.04. The average Bonchev–Trinajstić information content (AvgIpc) is 2.72. The summed E-state index contributed by atoms with van der Waals surface area (Å²) in [5.41, 5.74) is 2.67. The standard InChI is InChI=1S/C22H25ClN2O3/c1-16(2)17-6-8-18(9-7-17)22(27)28-15-21(26)25-12-10-24(11-13-25)20-5-3-4-19(23)14-20/h3-9,14,16H,10-13,15H2,1-2H3. The summed E-state index contributed by atoms with van der Waals surface area (Å²) >= 11 is 6.05. The van der Waals surface area contributed by atoms with E-state index >= 15 is 0 Å². The molecule has 0 radical (unpaired) electrons. The summed E-state index contributed by atoms with van der Waals surface area (Å²) in [6, 6.07) is 15.0. The van der Waals surface area contributed by atoms with E-state index < -0.39 is 5.97 Å². The van der Waals surface area contributed by atoms with Gasteiger partial charge in [0.25, 0.3) is 5.91 Å². The predicted molar refractivity (Wildman–Crippen MR) is 111 cm³/mol. The van der Waals surface area contributed by atoms with Crippen molar-refractivity contribution in [3.05, 3.63) is 64.7 Å². The number of halogens is 1. The van der Waals surface area contributed by atoms with Crippen LogP contribution in [0.1, 0.15) is 35.7 Å². The fraction of sp³-hybridized carbons (Fsp3) is 0.364. The van der Waals surface area contributed by atoms with Gasteiger partial charge in [0.1, 0.15) is 0 Å². The van der Waals surface area contributed by atoms with Crippen molar-refractivity contribution in [3.63, 3.8) is 0 Å². The Kier molecular flexibility index (Phi) is 6.57. The lowest BCUT2D eigenvalue weighted by atomic mass is 10.0. The molecule has 1 heterocycles. The van der Waals surface area contributed by atoms with Gasteiger partial charge in [0, 0.05) is 36.9 Å². The van der Waals surface area contributed by atoms with Crippen LogP contribution in [0, 0.1) is 0 Å². The largest absolute Gasteiger partial charge is 0.452 e. The van der Waals surface area contributed by atoms with E-state index in [4.69, 9.17) is 16.3 Å². The Bertz CT molecular complexity index is 828. The van der Waals surface area contributed by atoms with E-state index in [-0.39, 0.29) is 12.5 Å². The number of amides is 1. The average molecular weight is 401 g/mol. The lowest BCUT2D eigenvalue weighted by molar-refractivity contribution is -0.134. The van der Waals surface area contributed by atoms with Gasteiger partial charge in [-0.2, -0.15) is 0 Å². The SMILES string of the molecule is CC(C)c1ccc(C(=O)OCC(=O)N2CCN(c3cccc(Cl)c3)CC2)cc1. The van der Waals surface area contributed by atoms with Crippen LogP contribution in [0.15, 0.2) is 48.5 Å². The van der Waals surface area contributed by atoms with Gasteiger partial charge in [-0.3, -0.25) is 4.79 Å². The lowest BCUT2D eigenvalue weighted by Gasteiger charge is -2.36. The van der Waals surface area contributed by atoms with Crippen LogP contribution >= 0.6 is 11.6 Å². The second-order valence-corrected chi connectivity index (χ2v) is 7.64. The molecule has 5 nitrogen and oxygen atoms in total. The summed E-state index contributed by atoms with van der Waals surface area (Å²) in [6.07, 6.45) is 0. The topological polar surface area (TPSA) is 49.9 Å². The highest BCUT2D eigenvalue weighted by Gasteiger charge is 2.22. The van der Waals surface area contributed by atoms with Crippen LogP contribution in [-0.2, 0) is 9.53 Å². The van der Waals surface area contributed by atoms with Crippen molar-refractivity contribution in [3.8, 4) is 0 Å². The molecule has 0 aliphatic carbocycles. The molecule has 28 heavy (non-hydrogen) atoms. The quantitative estimate of drug-likeness (QED) is 0.712. The molecule has 6 heteroatoms. The van der Waals surface area contributed by atoms with Crippen molar-refractivity contribution in [2.45, 2.75) is 19.8 Å². The maximum atomic E-state index is 12.4. The number of anilines is 1. The Hall–Kier alpha value is -2.53. The van der Waals surface area contributed by atoms with Crippen LogP contribution in [0.3, 0.4) is 0 Å². The number of carbonyl (C=O) groups is 2. The summed E-state index contributed by atoms with van der Waals surface area (Å²) in [6.45, 7) is 6.57. The molecule has 1 aliphatic rings. The van der Waals surface area contributed by atoms with Crippen LogP contribution in [0.4, 0.5) is 5.69 Å². The molecule has 2 aromatic rings. The Labute approximate surface area is 170 Å². The number of piperazine rings is 1. The first-order chi connectivity index (χ1) is 13.4. The van der Waals surface area contributed by atoms with Crippen LogP contribution in [0.2, 0.25) is 5.02 Å². The molecule has 0 unspecified atom stereocenters. The van der Waals surface area contributed by atoms with Gasteiger partial charge in [0.2, 0.25) is 0 Å². The van der Waals surface area contributed by atoms with Gasteiger partial charge >= 0.3 is 5.97 Å². The van der Waals surface area contributed by atoms with Gasteiger partial charge in [-0.15, -0.1) is 0 Å². The Balaban J connectivity index is 1.47. The van der Waals surface area contributed by atoms with Gasteiger partial charge in [-0.25, -0.2) is 4.79 Å². The van der Waals surface area contributed by atoms with E-state index in [1.54, 1.807) is 17.0 Å². The normalized spacial score (nSPS) is 14.3. The number of benzene rings is 2. The van der Waals surface area contributed by atoms with Gasteiger partial charge in [0.05, 0.1) is 5.56 Å². The zero-order valence-corrected chi connectivity index (χ0v) is 17.0. The first-order valence-electron chi connectivity index (χ1n) is 9.49. The first-order valence-corrected chi connectivity index (χ1v) is 9.87. The molecule has 1 saturated heterocycles. The molecule has 0 atom stereocenters. The van der Waals surface area contributed by atoms with E-state index in [0.717, 1.165) is 24.3 Å². The molecule has 148 valence electrons. The lowest BCUT2D eigenvalue weighted by Crippen LogP contribution is -2.49. The van der Waals surface area contributed by atoms with E-state index in [2.05, 4.69) is 18.7 Å². The highest BCUT2D eigenvalue weighted by Crippen LogP contribution is 2.21. The minimum atomic E-state index is -0.471. The number of rotatable bonds is 5. The smallest absolute Gasteiger partial charge is 0.338 e. The highest BCUT2D eigenvalue weighted by molar-refractivity contribution is 6.30. The minimum Gasteiger partial charge on any atom is -0.452 e. The maximum absolute atomic E-state index is 12.4. The zero-order valence-electron chi connectivity index (χ0n) is 16.2. The van der Waals surface area contributed by atoms with Crippen LogP contribution in [0.5, 0.6) is 0 Å². The summed E-state index contributed by atoms with van der Waals surface area (Å²) in [7, 11) is 0. The summed E-state index contributed by atoms with van der Waals surface area (Å²) in [5.74, 6) is -0.239. The number of hydrogen-bond donors (Lipinski definition) is 0. The second-order valence-electron chi connectivity index (χ2n) is 7.20. The zero-order chi connectivity index (χ0) is 20.1. The third-order valence-corrected chi connectivity index (χ3v) is 5.18. The second kappa shape index (κ2) is 9.11. The number of hydrogen-bond acceptors (Lipinski definition) is 4. The molecule has 1 amide bonds. The van der Waals surface area contributed by atoms with Crippen molar-refractivity contribution in [2.24, 2.45) is 0 Å². The molecule has 0 bridgehead atoms. The number of carbonyl (C=O) groups excluding carboxylic acids is 2. The van der Waals surface area contributed by atoms with Crippen molar-refractivity contribution >= 4 is 29.2 Å². The van der Waals surface area contributed by atoms with Crippen molar-refractivity contribution < 1.29 is 14.3 Å².